The third-order valence-corrected chi connectivity index (χ3v) is 4.82. The molecule has 130 valence electrons. The Balaban J connectivity index is 1.75. The van der Waals surface area contributed by atoms with Crippen molar-refractivity contribution in [2.24, 2.45) is 0 Å². The first kappa shape index (κ1) is 16.3. The van der Waals surface area contributed by atoms with Gasteiger partial charge < -0.3 is 4.90 Å². The second kappa shape index (κ2) is 7.00. The highest BCUT2D eigenvalue weighted by atomic mass is 16.2. The number of amides is 2. The zero-order chi connectivity index (χ0) is 17.9. The number of hydrogen-bond donors (Lipinski definition) is 0. The summed E-state index contributed by atoms with van der Waals surface area (Å²) in [7, 11) is 0. The Morgan fingerprint density at radius 2 is 1.65 bits per heavy atom. The van der Waals surface area contributed by atoms with Crippen molar-refractivity contribution < 1.29 is 9.59 Å². The molecule has 3 aromatic rings. The number of nitrogens with zero attached hydrogens (tertiary/aromatic N) is 2. The van der Waals surface area contributed by atoms with Crippen molar-refractivity contribution in [3.05, 3.63) is 78.4 Å². The van der Waals surface area contributed by atoms with Gasteiger partial charge in [-0.15, -0.1) is 0 Å². The lowest BCUT2D eigenvalue weighted by molar-refractivity contribution is -0.127. The Morgan fingerprint density at radius 3 is 2.42 bits per heavy atom. The molecule has 3 aromatic carbocycles. The molecule has 0 aliphatic carbocycles. The zero-order valence-corrected chi connectivity index (χ0v) is 14.5. The van der Waals surface area contributed by atoms with Gasteiger partial charge in [-0.3, -0.25) is 14.5 Å². The molecule has 4 nitrogen and oxygen atoms in total. The maximum absolute atomic E-state index is 13.4. The van der Waals surface area contributed by atoms with E-state index in [0.29, 0.717) is 18.5 Å². The molecule has 0 unspecified atom stereocenters. The van der Waals surface area contributed by atoms with E-state index in [4.69, 9.17) is 0 Å². The molecular formula is C22H20N2O2. The van der Waals surface area contributed by atoms with E-state index >= 15 is 0 Å². The standard InChI is InChI=1S/C22H20N2O2/c25-21-14-7-15-23(21)16-24(18-10-2-1-3-11-18)22(26)20-13-6-9-17-8-4-5-12-19(17)20/h1-6,8-13H,7,14-16H2. The van der Waals surface area contributed by atoms with Crippen molar-refractivity contribution in [1.29, 1.82) is 0 Å². The van der Waals surface area contributed by atoms with Gasteiger partial charge in [0.2, 0.25) is 5.91 Å². The van der Waals surface area contributed by atoms with Gasteiger partial charge in [0.25, 0.3) is 5.91 Å². The molecule has 26 heavy (non-hydrogen) atoms. The van der Waals surface area contributed by atoms with Crippen LogP contribution in [-0.2, 0) is 4.79 Å². The fourth-order valence-electron chi connectivity index (χ4n) is 3.45. The van der Waals surface area contributed by atoms with Crippen LogP contribution >= 0.6 is 0 Å². The smallest absolute Gasteiger partial charge is 0.260 e. The molecule has 0 aromatic heterocycles. The number of likely N-dealkylation sites (tertiary alicyclic amines) is 1. The number of rotatable bonds is 4. The molecule has 0 atom stereocenters. The second-order valence-corrected chi connectivity index (χ2v) is 6.50. The van der Waals surface area contributed by atoms with Gasteiger partial charge >= 0.3 is 0 Å². The molecule has 0 spiro atoms. The van der Waals surface area contributed by atoms with Gasteiger partial charge in [-0.25, -0.2) is 0 Å². The Hall–Kier alpha value is -3.14. The first-order valence-electron chi connectivity index (χ1n) is 8.86. The molecule has 0 radical (unpaired) electrons. The van der Waals surface area contributed by atoms with Crippen molar-refractivity contribution in [2.45, 2.75) is 12.8 Å². The summed E-state index contributed by atoms with van der Waals surface area (Å²) >= 11 is 0. The highest BCUT2D eigenvalue weighted by molar-refractivity contribution is 6.14. The highest BCUT2D eigenvalue weighted by Gasteiger charge is 2.26. The molecule has 1 fully saturated rings. The van der Waals surface area contributed by atoms with Crippen molar-refractivity contribution in [3.8, 4) is 0 Å². The lowest BCUT2D eigenvalue weighted by Gasteiger charge is -2.28. The molecule has 1 saturated heterocycles. The predicted molar refractivity (Wildman–Crippen MR) is 103 cm³/mol. The number of carbonyl (C=O) groups excluding carboxylic acids is 2. The third kappa shape index (κ3) is 3.06. The van der Waals surface area contributed by atoms with Gasteiger partial charge in [0.15, 0.2) is 0 Å². The number of benzene rings is 3. The number of anilines is 1. The monoisotopic (exact) mass is 344 g/mol. The van der Waals surface area contributed by atoms with Crippen LogP contribution in [0.25, 0.3) is 10.8 Å². The van der Waals surface area contributed by atoms with Crippen LogP contribution < -0.4 is 4.90 Å². The van der Waals surface area contributed by atoms with E-state index in [9.17, 15) is 9.59 Å². The molecule has 0 bridgehead atoms. The lowest BCUT2D eigenvalue weighted by Crippen LogP contribution is -2.42. The minimum Gasteiger partial charge on any atom is -0.324 e. The highest BCUT2D eigenvalue weighted by Crippen LogP contribution is 2.24. The van der Waals surface area contributed by atoms with Crippen LogP contribution in [-0.4, -0.2) is 29.9 Å². The summed E-state index contributed by atoms with van der Waals surface area (Å²) in [6.07, 6.45) is 1.41. The SMILES string of the molecule is O=C1CCCN1CN(C(=O)c1cccc2ccccc12)c1ccccc1. The minimum absolute atomic E-state index is 0.0901. The van der Waals surface area contributed by atoms with Gasteiger partial charge in [0.1, 0.15) is 6.67 Å². The second-order valence-electron chi connectivity index (χ2n) is 6.50. The maximum Gasteiger partial charge on any atom is 0.260 e. The van der Waals surface area contributed by atoms with Gasteiger partial charge in [0, 0.05) is 24.2 Å². The molecule has 4 heteroatoms. The van der Waals surface area contributed by atoms with E-state index in [1.807, 2.05) is 72.8 Å². The molecule has 1 aliphatic rings. The molecular weight excluding hydrogens is 324 g/mol. The lowest BCUT2D eigenvalue weighted by atomic mass is 10.0. The Kier molecular flexibility index (Phi) is 4.40. The van der Waals surface area contributed by atoms with Gasteiger partial charge in [-0.05, 0) is 35.4 Å². The summed E-state index contributed by atoms with van der Waals surface area (Å²) in [5.74, 6) is 0.0179. The summed E-state index contributed by atoms with van der Waals surface area (Å²) in [5, 5.41) is 1.96. The van der Waals surface area contributed by atoms with Crippen LogP contribution in [0.5, 0.6) is 0 Å². The molecule has 0 saturated carbocycles. The molecule has 1 heterocycles. The summed E-state index contributed by atoms with van der Waals surface area (Å²) in [4.78, 5) is 29.0. The fraction of sp³-hybridized carbons (Fsp3) is 0.182. The van der Waals surface area contributed by atoms with Crippen LogP contribution in [0.3, 0.4) is 0 Å². The Labute approximate surface area is 152 Å². The largest absolute Gasteiger partial charge is 0.324 e. The van der Waals surface area contributed by atoms with Crippen LogP contribution in [0.15, 0.2) is 72.8 Å². The Morgan fingerprint density at radius 1 is 0.923 bits per heavy atom. The van der Waals surface area contributed by atoms with Crippen molar-refractivity contribution >= 4 is 28.3 Å². The van der Waals surface area contributed by atoms with E-state index in [0.717, 1.165) is 22.9 Å². The van der Waals surface area contributed by atoms with E-state index in [1.54, 1.807) is 9.80 Å². The van der Waals surface area contributed by atoms with Crippen molar-refractivity contribution in [3.63, 3.8) is 0 Å². The average Bonchev–Trinajstić information content (AvgIpc) is 3.10. The summed E-state index contributed by atoms with van der Waals surface area (Å²) in [6, 6.07) is 23.2. The third-order valence-electron chi connectivity index (χ3n) is 4.82. The number of fused-ring (bicyclic) bond motifs is 1. The summed E-state index contributed by atoms with van der Waals surface area (Å²) in [5.41, 5.74) is 1.45. The van der Waals surface area contributed by atoms with E-state index in [-0.39, 0.29) is 18.5 Å². The van der Waals surface area contributed by atoms with Crippen LogP contribution in [0.4, 0.5) is 5.69 Å². The summed E-state index contributed by atoms with van der Waals surface area (Å²) < 4.78 is 0. The zero-order valence-electron chi connectivity index (χ0n) is 14.5. The molecule has 0 N–H and O–H groups in total. The van der Waals surface area contributed by atoms with Gasteiger partial charge in [-0.1, -0.05) is 54.6 Å². The average molecular weight is 344 g/mol. The molecule has 2 amide bonds. The quantitative estimate of drug-likeness (QED) is 0.716. The van der Waals surface area contributed by atoms with E-state index < -0.39 is 0 Å². The number of hydrogen-bond acceptors (Lipinski definition) is 2. The Bertz CT molecular complexity index is 947. The molecule has 1 aliphatic heterocycles. The van der Waals surface area contributed by atoms with Crippen molar-refractivity contribution in [2.75, 3.05) is 18.1 Å². The van der Waals surface area contributed by atoms with E-state index in [1.165, 1.54) is 0 Å². The number of para-hydroxylation sites is 1. The minimum atomic E-state index is -0.0901. The topological polar surface area (TPSA) is 40.6 Å². The van der Waals surface area contributed by atoms with Crippen LogP contribution in [0.2, 0.25) is 0 Å². The first-order chi connectivity index (χ1) is 12.7. The maximum atomic E-state index is 13.4. The summed E-state index contributed by atoms with van der Waals surface area (Å²) in [6.45, 7) is 0.982. The van der Waals surface area contributed by atoms with Crippen molar-refractivity contribution in [1.82, 2.24) is 4.90 Å². The first-order valence-corrected chi connectivity index (χ1v) is 8.86. The number of carbonyl (C=O) groups is 2. The van der Waals surface area contributed by atoms with E-state index in [2.05, 4.69) is 0 Å². The fourth-order valence-corrected chi connectivity index (χ4v) is 3.45. The van der Waals surface area contributed by atoms with Gasteiger partial charge in [0.05, 0.1) is 0 Å². The normalized spacial score (nSPS) is 14.0. The van der Waals surface area contributed by atoms with Gasteiger partial charge in [-0.2, -0.15) is 0 Å². The molecule has 4 rings (SSSR count). The van der Waals surface area contributed by atoms with Crippen LogP contribution in [0, 0.1) is 0 Å². The predicted octanol–water partition coefficient (Wildman–Crippen LogP) is 4.07. The van der Waals surface area contributed by atoms with Crippen LogP contribution in [0.1, 0.15) is 23.2 Å².